The molecule has 1 rings (SSSR count). The third-order valence-electron chi connectivity index (χ3n) is 2.83. The number of nitrogens with zero attached hydrogens (tertiary/aromatic N) is 1. The van der Waals surface area contributed by atoms with Crippen molar-refractivity contribution in [3.05, 3.63) is 0 Å². The average Bonchev–Trinajstić information content (AvgIpc) is 2.82. The fraction of sp³-hybridized carbons (Fsp3) is 0.769. The lowest BCUT2D eigenvalue weighted by atomic mass is 10.2. The molecule has 1 atom stereocenters. The summed E-state index contributed by atoms with van der Waals surface area (Å²) in [6.07, 6.45) is 0.683. The Kier molecular flexibility index (Phi) is 5.35. The summed E-state index contributed by atoms with van der Waals surface area (Å²) in [7, 11) is 1.29. The van der Waals surface area contributed by atoms with Gasteiger partial charge in [0.1, 0.15) is 18.2 Å². The van der Waals surface area contributed by atoms with Crippen molar-refractivity contribution in [3.8, 4) is 0 Å². The van der Waals surface area contributed by atoms with Gasteiger partial charge in [-0.25, -0.2) is 9.59 Å². The molecule has 20 heavy (non-hydrogen) atoms. The van der Waals surface area contributed by atoms with Crippen LogP contribution in [0.25, 0.3) is 0 Å². The van der Waals surface area contributed by atoms with Gasteiger partial charge < -0.3 is 19.7 Å². The maximum atomic E-state index is 12.0. The van der Waals surface area contributed by atoms with E-state index in [2.05, 4.69) is 10.1 Å². The van der Waals surface area contributed by atoms with Gasteiger partial charge in [-0.2, -0.15) is 0 Å². The highest BCUT2D eigenvalue weighted by molar-refractivity contribution is 5.87. The zero-order chi connectivity index (χ0) is 15.3. The molecule has 1 aliphatic heterocycles. The molecule has 0 aliphatic carbocycles. The number of hydrogen-bond acceptors (Lipinski definition) is 5. The predicted molar refractivity (Wildman–Crippen MR) is 71.0 cm³/mol. The molecule has 1 saturated heterocycles. The number of carbonyl (C=O) groups is 3. The standard InChI is InChI=1S/C13H22N2O5/c1-13(2,3)20-12(18)14-8-10(16)15-7-5-6-9(15)11(17)19-4/h9H,5-8H2,1-4H3,(H,14,18)/t9-/m0/s1. The number of ether oxygens (including phenoxy) is 2. The zero-order valence-corrected chi connectivity index (χ0v) is 12.4. The van der Waals surface area contributed by atoms with Crippen LogP contribution in [0.15, 0.2) is 0 Å². The van der Waals surface area contributed by atoms with E-state index in [1.165, 1.54) is 12.0 Å². The molecular formula is C13H22N2O5. The summed E-state index contributed by atoms with van der Waals surface area (Å²) in [4.78, 5) is 36.4. The second kappa shape index (κ2) is 6.58. The van der Waals surface area contributed by atoms with E-state index in [1.807, 2.05) is 0 Å². The molecule has 0 saturated carbocycles. The predicted octanol–water partition coefficient (Wildman–Crippen LogP) is 0.675. The Labute approximate surface area is 118 Å². The van der Waals surface area contributed by atoms with Gasteiger partial charge in [-0.15, -0.1) is 0 Å². The molecular weight excluding hydrogens is 264 g/mol. The Morgan fingerprint density at radius 2 is 1.95 bits per heavy atom. The zero-order valence-electron chi connectivity index (χ0n) is 12.4. The smallest absolute Gasteiger partial charge is 0.408 e. The molecule has 0 unspecified atom stereocenters. The van der Waals surface area contributed by atoms with Crippen LogP contribution in [0.5, 0.6) is 0 Å². The third kappa shape index (κ3) is 4.71. The lowest BCUT2D eigenvalue weighted by Crippen LogP contribution is -2.46. The van der Waals surface area contributed by atoms with Gasteiger partial charge in [0.05, 0.1) is 7.11 Å². The Morgan fingerprint density at radius 1 is 1.30 bits per heavy atom. The van der Waals surface area contributed by atoms with Crippen molar-refractivity contribution in [3.63, 3.8) is 0 Å². The summed E-state index contributed by atoms with van der Waals surface area (Å²) in [6.45, 7) is 5.52. The molecule has 0 aromatic rings. The number of rotatable bonds is 3. The number of alkyl carbamates (subject to hydrolysis) is 1. The van der Waals surface area contributed by atoms with E-state index in [0.717, 1.165) is 6.42 Å². The Hall–Kier alpha value is -1.79. The summed E-state index contributed by atoms with van der Waals surface area (Å²) >= 11 is 0. The first-order valence-electron chi connectivity index (χ1n) is 6.59. The normalized spacial score (nSPS) is 18.6. The molecule has 1 aliphatic rings. The maximum Gasteiger partial charge on any atom is 0.408 e. The Balaban J connectivity index is 2.46. The van der Waals surface area contributed by atoms with Gasteiger partial charge in [-0.3, -0.25) is 4.79 Å². The average molecular weight is 286 g/mol. The van der Waals surface area contributed by atoms with Crippen molar-refractivity contribution in [2.24, 2.45) is 0 Å². The molecule has 0 aromatic heterocycles. The van der Waals surface area contributed by atoms with Crippen molar-refractivity contribution < 1.29 is 23.9 Å². The van der Waals surface area contributed by atoms with Crippen LogP contribution in [-0.2, 0) is 19.1 Å². The van der Waals surface area contributed by atoms with E-state index >= 15 is 0 Å². The van der Waals surface area contributed by atoms with Crippen molar-refractivity contribution >= 4 is 18.0 Å². The summed E-state index contributed by atoms with van der Waals surface area (Å²) in [5, 5.41) is 2.39. The van der Waals surface area contributed by atoms with Crippen molar-refractivity contribution in [1.29, 1.82) is 0 Å². The van der Waals surface area contributed by atoms with Crippen molar-refractivity contribution in [2.75, 3.05) is 20.2 Å². The quantitative estimate of drug-likeness (QED) is 0.771. The minimum atomic E-state index is -0.653. The number of amides is 2. The number of likely N-dealkylation sites (tertiary alicyclic amines) is 1. The summed E-state index contributed by atoms with van der Waals surface area (Å²) in [6, 6.07) is -0.548. The highest BCUT2D eigenvalue weighted by atomic mass is 16.6. The minimum Gasteiger partial charge on any atom is -0.467 e. The van der Waals surface area contributed by atoms with Gasteiger partial charge in [-0.05, 0) is 33.6 Å². The van der Waals surface area contributed by atoms with Crippen LogP contribution in [0, 0.1) is 0 Å². The van der Waals surface area contributed by atoms with Gasteiger partial charge in [0.2, 0.25) is 5.91 Å². The SMILES string of the molecule is COC(=O)[C@@H]1CCCN1C(=O)CNC(=O)OC(C)(C)C. The van der Waals surface area contributed by atoms with Gasteiger partial charge in [0.25, 0.3) is 0 Å². The fourth-order valence-electron chi connectivity index (χ4n) is 2.01. The van der Waals surface area contributed by atoms with Crippen LogP contribution in [0.2, 0.25) is 0 Å². The molecule has 0 aromatic carbocycles. The van der Waals surface area contributed by atoms with E-state index in [9.17, 15) is 14.4 Å². The highest BCUT2D eigenvalue weighted by Crippen LogP contribution is 2.18. The summed E-state index contributed by atoms with van der Waals surface area (Å²) in [5.74, 6) is -0.739. The molecule has 114 valence electrons. The first kappa shape index (κ1) is 16.3. The number of carbonyl (C=O) groups excluding carboxylic acids is 3. The molecule has 0 bridgehead atoms. The Bertz CT molecular complexity index is 389. The lowest BCUT2D eigenvalue weighted by molar-refractivity contribution is -0.150. The molecule has 7 nitrogen and oxygen atoms in total. The molecule has 2 amide bonds. The summed E-state index contributed by atoms with van der Waals surface area (Å²) in [5.41, 5.74) is -0.616. The molecule has 1 fully saturated rings. The van der Waals surface area contributed by atoms with Gasteiger partial charge in [0.15, 0.2) is 0 Å². The van der Waals surface area contributed by atoms with Crippen LogP contribution >= 0.6 is 0 Å². The van der Waals surface area contributed by atoms with Gasteiger partial charge in [-0.1, -0.05) is 0 Å². The third-order valence-corrected chi connectivity index (χ3v) is 2.83. The van der Waals surface area contributed by atoms with E-state index < -0.39 is 23.7 Å². The molecule has 1 heterocycles. The topological polar surface area (TPSA) is 84.9 Å². The first-order valence-corrected chi connectivity index (χ1v) is 6.59. The number of hydrogen-bond donors (Lipinski definition) is 1. The number of methoxy groups -OCH3 is 1. The molecule has 1 N–H and O–H groups in total. The van der Waals surface area contributed by atoms with Gasteiger partial charge in [0, 0.05) is 6.54 Å². The summed E-state index contributed by atoms with van der Waals surface area (Å²) < 4.78 is 9.69. The van der Waals surface area contributed by atoms with Crippen LogP contribution < -0.4 is 5.32 Å². The second-order valence-electron chi connectivity index (χ2n) is 5.62. The van der Waals surface area contributed by atoms with E-state index in [4.69, 9.17) is 4.74 Å². The molecule has 0 spiro atoms. The van der Waals surface area contributed by atoms with Crippen molar-refractivity contribution in [1.82, 2.24) is 10.2 Å². The van der Waals surface area contributed by atoms with Crippen LogP contribution in [-0.4, -0.2) is 54.7 Å². The second-order valence-corrected chi connectivity index (χ2v) is 5.62. The maximum absolute atomic E-state index is 12.0. The van der Waals surface area contributed by atoms with Crippen LogP contribution in [0.4, 0.5) is 4.79 Å². The lowest BCUT2D eigenvalue weighted by Gasteiger charge is -2.23. The van der Waals surface area contributed by atoms with E-state index in [-0.39, 0.29) is 12.5 Å². The first-order chi connectivity index (χ1) is 9.24. The van der Waals surface area contributed by atoms with Gasteiger partial charge >= 0.3 is 12.1 Å². The minimum absolute atomic E-state index is 0.192. The van der Waals surface area contributed by atoms with Crippen molar-refractivity contribution in [2.45, 2.75) is 45.3 Å². The highest BCUT2D eigenvalue weighted by Gasteiger charge is 2.34. The van der Waals surface area contributed by atoms with Crippen LogP contribution in [0.3, 0.4) is 0 Å². The van der Waals surface area contributed by atoms with E-state index in [0.29, 0.717) is 13.0 Å². The largest absolute Gasteiger partial charge is 0.467 e. The Morgan fingerprint density at radius 3 is 2.50 bits per heavy atom. The van der Waals surface area contributed by atoms with Crippen LogP contribution in [0.1, 0.15) is 33.6 Å². The number of nitrogens with one attached hydrogen (secondary N) is 1. The van der Waals surface area contributed by atoms with E-state index in [1.54, 1.807) is 20.8 Å². The fourth-order valence-corrected chi connectivity index (χ4v) is 2.01. The molecule has 0 radical (unpaired) electrons. The molecule has 7 heteroatoms. The monoisotopic (exact) mass is 286 g/mol. The number of esters is 1.